The number of carboxylic acid groups (broad SMARTS) is 1. The molecule has 0 bridgehead atoms. The molecule has 0 aromatic rings. The molecule has 13 heavy (non-hydrogen) atoms. The van der Waals surface area contributed by atoms with E-state index in [-0.39, 0.29) is 18.4 Å². The van der Waals surface area contributed by atoms with Gasteiger partial charge in [-0.15, -0.1) is 0 Å². The molecule has 0 aromatic carbocycles. The average Bonchev–Trinajstić information content (AvgIpc) is 2.43. The molecule has 0 spiro atoms. The van der Waals surface area contributed by atoms with Crippen LogP contribution in [0.3, 0.4) is 0 Å². The van der Waals surface area contributed by atoms with Crippen LogP contribution in [0.4, 0.5) is 0 Å². The third-order valence-corrected chi connectivity index (χ3v) is 2.64. The van der Waals surface area contributed by atoms with E-state index in [0.29, 0.717) is 6.54 Å². The lowest BCUT2D eigenvalue weighted by molar-refractivity contribution is -0.142. The van der Waals surface area contributed by atoms with Crippen molar-refractivity contribution in [1.82, 2.24) is 4.90 Å². The first-order valence-corrected chi connectivity index (χ1v) is 4.71. The SMILES string of the molecule is C[C@@H]1CN(CCCO)C[C@H]1C(=O)O. The summed E-state index contributed by atoms with van der Waals surface area (Å²) in [5, 5.41) is 17.5. The number of hydrogen-bond donors (Lipinski definition) is 2. The summed E-state index contributed by atoms with van der Waals surface area (Å²) in [4.78, 5) is 12.9. The van der Waals surface area contributed by atoms with Crippen molar-refractivity contribution in [1.29, 1.82) is 0 Å². The molecular formula is C9H17NO3. The van der Waals surface area contributed by atoms with Gasteiger partial charge in [0, 0.05) is 26.2 Å². The Labute approximate surface area is 78.2 Å². The predicted molar refractivity (Wildman–Crippen MR) is 48.4 cm³/mol. The largest absolute Gasteiger partial charge is 0.481 e. The summed E-state index contributed by atoms with van der Waals surface area (Å²) in [6.07, 6.45) is 0.735. The van der Waals surface area contributed by atoms with Crippen molar-refractivity contribution in [2.75, 3.05) is 26.2 Å². The highest BCUT2D eigenvalue weighted by Gasteiger charge is 2.33. The Morgan fingerprint density at radius 2 is 2.23 bits per heavy atom. The Morgan fingerprint density at radius 1 is 1.54 bits per heavy atom. The van der Waals surface area contributed by atoms with E-state index in [1.165, 1.54) is 0 Å². The maximum atomic E-state index is 10.8. The number of rotatable bonds is 4. The van der Waals surface area contributed by atoms with E-state index < -0.39 is 5.97 Å². The Morgan fingerprint density at radius 3 is 2.69 bits per heavy atom. The molecule has 2 atom stereocenters. The van der Waals surface area contributed by atoms with Crippen LogP contribution in [0.1, 0.15) is 13.3 Å². The zero-order valence-electron chi connectivity index (χ0n) is 7.94. The van der Waals surface area contributed by atoms with E-state index in [1.54, 1.807) is 0 Å². The van der Waals surface area contributed by atoms with Gasteiger partial charge in [-0.3, -0.25) is 4.79 Å². The summed E-state index contributed by atoms with van der Waals surface area (Å²) in [6.45, 7) is 4.44. The fraction of sp³-hybridized carbons (Fsp3) is 0.889. The molecule has 1 fully saturated rings. The molecule has 0 aromatic heterocycles. The standard InChI is InChI=1S/C9H17NO3/c1-7-5-10(3-2-4-11)6-8(7)9(12)13/h7-8,11H,2-6H2,1H3,(H,12,13)/t7-,8-/m1/s1. The van der Waals surface area contributed by atoms with Gasteiger partial charge in [0.2, 0.25) is 0 Å². The minimum Gasteiger partial charge on any atom is -0.481 e. The number of hydrogen-bond acceptors (Lipinski definition) is 3. The first kappa shape index (κ1) is 10.5. The van der Waals surface area contributed by atoms with E-state index >= 15 is 0 Å². The zero-order chi connectivity index (χ0) is 9.84. The second kappa shape index (κ2) is 4.58. The molecular weight excluding hydrogens is 170 g/mol. The van der Waals surface area contributed by atoms with Gasteiger partial charge in [0.05, 0.1) is 5.92 Å². The van der Waals surface area contributed by atoms with Crippen molar-refractivity contribution in [3.8, 4) is 0 Å². The Kier molecular flexibility index (Phi) is 3.69. The highest BCUT2D eigenvalue weighted by molar-refractivity contribution is 5.71. The molecule has 0 unspecified atom stereocenters. The van der Waals surface area contributed by atoms with Gasteiger partial charge in [-0.1, -0.05) is 6.92 Å². The van der Waals surface area contributed by atoms with Crippen molar-refractivity contribution in [2.24, 2.45) is 11.8 Å². The highest BCUT2D eigenvalue weighted by Crippen LogP contribution is 2.22. The molecule has 0 aliphatic carbocycles. The molecule has 1 rings (SSSR count). The number of aliphatic carboxylic acids is 1. The Hall–Kier alpha value is -0.610. The fourth-order valence-electron chi connectivity index (χ4n) is 1.87. The summed E-state index contributed by atoms with van der Waals surface area (Å²) < 4.78 is 0. The first-order valence-electron chi connectivity index (χ1n) is 4.71. The first-order chi connectivity index (χ1) is 6.15. The molecule has 2 N–H and O–H groups in total. The third-order valence-electron chi connectivity index (χ3n) is 2.64. The quantitative estimate of drug-likeness (QED) is 0.651. The van der Waals surface area contributed by atoms with Gasteiger partial charge < -0.3 is 15.1 Å². The Bertz CT molecular complexity index is 184. The highest BCUT2D eigenvalue weighted by atomic mass is 16.4. The van der Waals surface area contributed by atoms with Crippen molar-refractivity contribution in [3.05, 3.63) is 0 Å². The number of aliphatic hydroxyl groups excluding tert-OH is 1. The van der Waals surface area contributed by atoms with Gasteiger partial charge >= 0.3 is 5.97 Å². The van der Waals surface area contributed by atoms with E-state index in [0.717, 1.165) is 19.5 Å². The monoisotopic (exact) mass is 187 g/mol. The van der Waals surface area contributed by atoms with Gasteiger partial charge in [-0.05, 0) is 12.3 Å². The summed E-state index contributed by atoms with van der Waals surface area (Å²) in [7, 11) is 0. The topological polar surface area (TPSA) is 60.8 Å². The van der Waals surface area contributed by atoms with Gasteiger partial charge in [-0.25, -0.2) is 0 Å². The van der Waals surface area contributed by atoms with E-state index in [4.69, 9.17) is 10.2 Å². The lowest BCUT2D eigenvalue weighted by atomic mass is 9.99. The predicted octanol–water partition coefficient (Wildman–Crippen LogP) is 0.0213. The second-order valence-corrected chi connectivity index (χ2v) is 3.76. The zero-order valence-corrected chi connectivity index (χ0v) is 7.94. The van der Waals surface area contributed by atoms with Gasteiger partial charge in [0.25, 0.3) is 0 Å². The van der Waals surface area contributed by atoms with Crippen LogP contribution in [0.25, 0.3) is 0 Å². The maximum Gasteiger partial charge on any atom is 0.308 e. The van der Waals surface area contributed by atoms with Crippen molar-refractivity contribution in [2.45, 2.75) is 13.3 Å². The van der Waals surface area contributed by atoms with Crippen LogP contribution in [0, 0.1) is 11.8 Å². The molecule has 4 heteroatoms. The number of likely N-dealkylation sites (tertiary alicyclic amines) is 1. The van der Waals surface area contributed by atoms with Gasteiger partial charge in [0.15, 0.2) is 0 Å². The van der Waals surface area contributed by atoms with E-state index in [1.807, 2.05) is 6.92 Å². The minimum atomic E-state index is -0.695. The molecule has 0 saturated carbocycles. The third kappa shape index (κ3) is 2.67. The van der Waals surface area contributed by atoms with Crippen molar-refractivity contribution >= 4 is 5.97 Å². The van der Waals surface area contributed by atoms with Gasteiger partial charge in [0.1, 0.15) is 0 Å². The summed E-state index contributed by atoms with van der Waals surface area (Å²) in [5.74, 6) is -0.686. The number of carbonyl (C=O) groups is 1. The molecule has 76 valence electrons. The van der Waals surface area contributed by atoms with Crippen LogP contribution in [-0.4, -0.2) is 47.3 Å². The molecule has 1 aliphatic heterocycles. The van der Waals surface area contributed by atoms with E-state index in [9.17, 15) is 4.79 Å². The van der Waals surface area contributed by atoms with Gasteiger partial charge in [-0.2, -0.15) is 0 Å². The minimum absolute atomic E-state index is 0.183. The fourth-order valence-corrected chi connectivity index (χ4v) is 1.87. The maximum absolute atomic E-state index is 10.8. The van der Waals surface area contributed by atoms with Crippen LogP contribution in [0.5, 0.6) is 0 Å². The van der Waals surface area contributed by atoms with Crippen LogP contribution in [-0.2, 0) is 4.79 Å². The van der Waals surface area contributed by atoms with Crippen molar-refractivity contribution < 1.29 is 15.0 Å². The summed E-state index contributed by atoms with van der Waals surface area (Å²) >= 11 is 0. The normalized spacial score (nSPS) is 29.4. The lowest BCUT2D eigenvalue weighted by Crippen LogP contribution is -2.24. The molecule has 1 heterocycles. The van der Waals surface area contributed by atoms with Crippen LogP contribution < -0.4 is 0 Å². The molecule has 4 nitrogen and oxygen atoms in total. The van der Waals surface area contributed by atoms with Crippen LogP contribution >= 0.6 is 0 Å². The molecule has 0 amide bonds. The number of aliphatic hydroxyl groups is 1. The average molecular weight is 187 g/mol. The molecule has 1 saturated heterocycles. The number of carboxylic acids is 1. The molecule has 1 aliphatic rings. The second-order valence-electron chi connectivity index (χ2n) is 3.76. The van der Waals surface area contributed by atoms with Crippen molar-refractivity contribution in [3.63, 3.8) is 0 Å². The Balaban J connectivity index is 2.36. The van der Waals surface area contributed by atoms with Crippen LogP contribution in [0.15, 0.2) is 0 Å². The lowest BCUT2D eigenvalue weighted by Gasteiger charge is -2.13. The van der Waals surface area contributed by atoms with E-state index in [2.05, 4.69) is 4.90 Å². The summed E-state index contributed by atoms with van der Waals surface area (Å²) in [6, 6.07) is 0. The number of nitrogens with zero attached hydrogens (tertiary/aromatic N) is 1. The summed E-state index contributed by atoms with van der Waals surface area (Å²) in [5.41, 5.74) is 0. The van der Waals surface area contributed by atoms with Crippen LogP contribution in [0.2, 0.25) is 0 Å². The molecule has 0 radical (unpaired) electrons. The smallest absolute Gasteiger partial charge is 0.308 e.